The molecule has 1 heterocycles. The van der Waals surface area contributed by atoms with Crippen molar-refractivity contribution in [3.8, 4) is 0 Å². The number of carbonyl (C=O) groups excluding carboxylic acids is 1. The van der Waals surface area contributed by atoms with E-state index in [4.69, 9.17) is 4.99 Å². The molecule has 2 rings (SSSR count). The first kappa shape index (κ1) is 25.7. The van der Waals surface area contributed by atoms with Crippen molar-refractivity contribution < 1.29 is 4.79 Å². The van der Waals surface area contributed by atoms with Gasteiger partial charge in [-0.15, -0.1) is 24.0 Å². The van der Waals surface area contributed by atoms with Crippen LogP contribution in [-0.2, 0) is 6.54 Å². The Hall–Kier alpha value is -1.35. The minimum absolute atomic E-state index is 0. The second kappa shape index (κ2) is 14.6. The van der Waals surface area contributed by atoms with Gasteiger partial charge in [-0.3, -0.25) is 4.79 Å². The molecule has 0 saturated carbocycles. The fourth-order valence-corrected chi connectivity index (χ4v) is 3.45. The predicted molar refractivity (Wildman–Crippen MR) is 132 cm³/mol. The van der Waals surface area contributed by atoms with Crippen molar-refractivity contribution in [2.24, 2.45) is 4.99 Å². The van der Waals surface area contributed by atoms with Crippen LogP contribution in [0.4, 0.5) is 0 Å². The average molecular weight is 515 g/mol. The molecule has 1 fully saturated rings. The maximum Gasteiger partial charge on any atom is 0.251 e. The highest BCUT2D eigenvalue weighted by Crippen LogP contribution is 2.11. The molecule has 3 N–H and O–H groups in total. The zero-order valence-corrected chi connectivity index (χ0v) is 20.5. The van der Waals surface area contributed by atoms with E-state index in [2.05, 4.69) is 34.7 Å². The van der Waals surface area contributed by atoms with Crippen LogP contribution in [0.15, 0.2) is 29.3 Å². The molecule has 0 bridgehead atoms. The lowest BCUT2D eigenvalue weighted by Gasteiger charge is -2.32. The van der Waals surface area contributed by atoms with Gasteiger partial charge in [0.2, 0.25) is 0 Å². The first-order valence-electron chi connectivity index (χ1n) is 10.8. The lowest BCUT2D eigenvalue weighted by Crippen LogP contribution is -2.48. The number of rotatable bonds is 9. The van der Waals surface area contributed by atoms with E-state index < -0.39 is 0 Å². The summed E-state index contributed by atoms with van der Waals surface area (Å²) in [7, 11) is 0. The highest BCUT2D eigenvalue weighted by molar-refractivity contribution is 14.0. The van der Waals surface area contributed by atoms with Gasteiger partial charge in [0.25, 0.3) is 5.91 Å². The molecule has 1 aliphatic heterocycles. The Bertz CT molecular complexity index is 629. The van der Waals surface area contributed by atoms with Gasteiger partial charge < -0.3 is 20.9 Å². The smallest absolute Gasteiger partial charge is 0.251 e. The summed E-state index contributed by atoms with van der Waals surface area (Å²) in [4.78, 5) is 19.4. The van der Waals surface area contributed by atoms with Crippen molar-refractivity contribution in [2.75, 3.05) is 32.7 Å². The second-order valence-corrected chi connectivity index (χ2v) is 7.41. The van der Waals surface area contributed by atoms with Gasteiger partial charge in [-0.25, -0.2) is 4.99 Å². The summed E-state index contributed by atoms with van der Waals surface area (Å²) < 4.78 is 0. The predicted octanol–water partition coefficient (Wildman–Crippen LogP) is 3.37. The van der Waals surface area contributed by atoms with Crippen LogP contribution in [0.3, 0.4) is 0 Å². The van der Waals surface area contributed by atoms with Crippen molar-refractivity contribution in [1.82, 2.24) is 20.9 Å². The summed E-state index contributed by atoms with van der Waals surface area (Å²) in [5.74, 6) is 0.842. The van der Waals surface area contributed by atoms with E-state index in [0.717, 1.165) is 50.4 Å². The number of nitrogens with zero attached hydrogens (tertiary/aromatic N) is 2. The Labute approximate surface area is 193 Å². The monoisotopic (exact) mass is 515 g/mol. The first-order chi connectivity index (χ1) is 13.7. The van der Waals surface area contributed by atoms with E-state index >= 15 is 0 Å². The maximum absolute atomic E-state index is 12.2. The summed E-state index contributed by atoms with van der Waals surface area (Å²) in [5, 5.41) is 9.86. The normalized spacial score (nSPS) is 15.5. The molecule has 0 unspecified atom stereocenters. The molecule has 1 aromatic rings. The van der Waals surface area contributed by atoms with Crippen LogP contribution in [0.25, 0.3) is 0 Å². The molecular weight excluding hydrogens is 477 g/mol. The van der Waals surface area contributed by atoms with Crippen LogP contribution in [0.2, 0.25) is 0 Å². The fraction of sp³-hybridized carbons (Fsp3) is 0.636. The number of hydrogen-bond donors (Lipinski definition) is 3. The van der Waals surface area contributed by atoms with Crippen molar-refractivity contribution in [1.29, 1.82) is 0 Å². The van der Waals surface area contributed by atoms with Gasteiger partial charge in [0.1, 0.15) is 0 Å². The number of piperidine rings is 1. The summed E-state index contributed by atoms with van der Waals surface area (Å²) >= 11 is 0. The molecule has 1 saturated heterocycles. The summed E-state index contributed by atoms with van der Waals surface area (Å²) in [5.41, 5.74) is 1.74. The third-order valence-corrected chi connectivity index (χ3v) is 4.96. The number of aliphatic imine (C=N–C) groups is 1. The fourth-order valence-electron chi connectivity index (χ4n) is 3.45. The van der Waals surface area contributed by atoms with Crippen LogP contribution in [0, 0.1) is 0 Å². The third kappa shape index (κ3) is 9.33. The lowest BCUT2D eigenvalue weighted by molar-refractivity contribution is 0.0953. The van der Waals surface area contributed by atoms with Crippen LogP contribution >= 0.6 is 24.0 Å². The van der Waals surface area contributed by atoms with E-state index in [0.29, 0.717) is 24.7 Å². The van der Waals surface area contributed by atoms with Gasteiger partial charge in [-0.1, -0.05) is 26.0 Å². The van der Waals surface area contributed by atoms with Gasteiger partial charge >= 0.3 is 0 Å². The molecule has 1 aromatic carbocycles. The summed E-state index contributed by atoms with van der Waals surface area (Å²) in [6.07, 6.45) is 4.46. The highest BCUT2D eigenvalue weighted by atomic mass is 127. The molecule has 7 heteroatoms. The summed E-state index contributed by atoms with van der Waals surface area (Å²) in [6.45, 7) is 12.0. The highest BCUT2D eigenvalue weighted by Gasteiger charge is 2.19. The lowest BCUT2D eigenvalue weighted by atomic mass is 10.1. The molecule has 0 aromatic heterocycles. The number of amides is 1. The molecule has 29 heavy (non-hydrogen) atoms. The zero-order chi connectivity index (χ0) is 20.2. The topological polar surface area (TPSA) is 68.8 Å². The maximum atomic E-state index is 12.2. The number of likely N-dealkylation sites (tertiary alicyclic amines) is 1. The van der Waals surface area contributed by atoms with Crippen molar-refractivity contribution >= 4 is 35.8 Å². The molecule has 1 amide bonds. The standard InChI is InChI=1S/C22H37N5O.HI/c1-4-12-24-21(28)19-9-7-8-18(16-19)17-25-22(23-6-3)26-20-10-14-27(13-5-2)15-11-20;/h7-9,16,20H,4-6,10-15,17H2,1-3H3,(H,24,28)(H2,23,25,26);1H. The number of benzene rings is 1. The molecule has 164 valence electrons. The second-order valence-electron chi connectivity index (χ2n) is 7.41. The number of guanidine groups is 1. The van der Waals surface area contributed by atoms with Gasteiger partial charge in [0, 0.05) is 37.8 Å². The molecule has 0 radical (unpaired) electrons. The third-order valence-electron chi connectivity index (χ3n) is 4.96. The minimum Gasteiger partial charge on any atom is -0.357 e. The quantitative estimate of drug-likeness (QED) is 0.268. The number of halogens is 1. The van der Waals surface area contributed by atoms with Crippen LogP contribution in [0.1, 0.15) is 62.4 Å². The SMILES string of the molecule is CCCNC(=O)c1cccc(CN=C(NCC)NC2CCN(CCC)CC2)c1.I. The Morgan fingerprint density at radius 3 is 2.55 bits per heavy atom. The number of hydrogen-bond acceptors (Lipinski definition) is 3. The number of nitrogens with one attached hydrogen (secondary N) is 3. The van der Waals surface area contributed by atoms with Gasteiger partial charge in [0.05, 0.1) is 6.54 Å². The molecule has 1 aliphatic rings. The Balaban J connectivity index is 0.00000420. The Morgan fingerprint density at radius 1 is 1.14 bits per heavy atom. The van der Waals surface area contributed by atoms with Gasteiger partial charge in [-0.2, -0.15) is 0 Å². The summed E-state index contributed by atoms with van der Waals surface area (Å²) in [6, 6.07) is 8.20. The van der Waals surface area contributed by atoms with Crippen molar-refractivity contribution in [3.63, 3.8) is 0 Å². The molecule has 0 aliphatic carbocycles. The van der Waals surface area contributed by atoms with E-state index in [1.165, 1.54) is 13.0 Å². The molecule has 0 spiro atoms. The largest absolute Gasteiger partial charge is 0.357 e. The number of carbonyl (C=O) groups is 1. The molecule has 6 nitrogen and oxygen atoms in total. The zero-order valence-electron chi connectivity index (χ0n) is 18.2. The minimum atomic E-state index is -0.0171. The Kier molecular flexibility index (Phi) is 12.9. The average Bonchev–Trinajstić information content (AvgIpc) is 2.72. The van der Waals surface area contributed by atoms with Gasteiger partial charge in [0.15, 0.2) is 5.96 Å². The van der Waals surface area contributed by atoms with Crippen LogP contribution in [0.5, 0.6) is 0 Å². The van der Waals surface area contributed by atoms with Crippen molar-refractivity contribution in [2.45, 2.75) is 59.0 Å². The Morgan fingerprint density at radius 2 is 1.90 bits per heavy atom. The van der Waals surface area contributed by atoms with Crippen LogP contribution in [-0.4, -0.2) is 55.5 Å². The van der Waals surface area contributed by atoms with E-state index in [1.807, 2.05) is 31.2 Å². The van der Waals surface area contributed by atoms with E-state index in [1.54, 1.807) is 0 Å². The first-order valence-corrected chi connectivity index (χ1v) is 10.8. The molecular formula is C22H38IN5O. The van der Waals surface area contributed by atoms with E-state index in [9.17, 15) is 4.79 Å². The molecule has 0 atom stereocenters. The van der Waals surface area contributed by atoms with E-state index in [-0.39, 0.29) is 29.9 Å². The van der Waals surface area contributed by atoms with Gasteiger partial charge in [-0.05, 0) is 56.8 Å². The van der Waals surface area contributed by atoms with Crippen molar-refractivity contribution in [3.05, 3.63) is 35.4 Å². The van der Waals surface area contributed by atoms with Crippen LogP contribution < -0.4 is 16.0 Å².